The molecule has 2 heterocycles. The van der Waals surface area contributed by atoms with E-state index in [9.17, 15) is 10.1 Å². The van der Waals surface area contributed by atoms with Crippen molar-refractivity contribution in [2.75, 3.05) is 25.2 Å². The second kappa shape index (κ2) is 7.06. The highest BCUT2D eigenvalue weighted by atomic mass is 16.6. The molecule has 0 saturated carbocycles. The maximum absolute atomic E-state index is 11.2. The van der Waals surface area contributed by atoms with E-state index in [0.717, 1.165) is 5.69 Å². The zero-order chi connectivity index (χ0) is 18.0. The van der Waals surface area contributed by atoms with Gasteiger partial charge in [-0.2, -0.15) is 4.98 Å². The molecule has 2 aromatic rings. The second-order valence-electron chi connectivity index (χ2n) is 5.78. The highest BCUT2D eigenvalue weighted by Gasteiger charge is 2.37. The lowest BCUT2D eigenvalue weighted by atomic mass is 10.2. The number of methoxy groups -OCH3 is 1. The van der Waals surface area contributed by atoms with E-state index < -0.39 is 4.92 Å². The number of benzene rings is 1. The van der Waals surface area contributed by atoms with Crippen LogP contribution in [-0.2, 0) is 4.74 Å². The van der Waals surface area contributed by atoms with Crippen LogP contribution in [0.4, 0.5) is 11.4 Å². The monoisotopic (exact) mass is 348 g/mol. The Balaban J connectivity index is 1.97. The highest BCUT2D eigenvalue weighted by molar-refractivity contribution is 5.60. The molecule has 1 aromatic heterocycles. The highest BCUT2D eigenvalue weighted by Crippen LogP contribution is 2.40. The third kappa shape index (κ3) is 3.41. The van der Waals surface area contributed by atoms with Crippen LogP contribution in [-0.4, -0.2) is 41.4 Å². The zero-order valence-corrected chi connectivity index (χ0v) is 14.3. The number of rotatable bonds is 6. The van der Waals surface area contributed by atoms with Gasteiger partial charge in [-0.05, 0) is 19.9 Å². The summed E-state index contributed by atoms with van der Waals surface area (Å²) in [6.45, 7) is 4.51. The lowest BCUT2D eigenvalue weighted by Gasteiger charge is -2.24. The van der Waals surface area contributed by atoms with Gasteiger partial charge in [0.25, 0.3) is 0 Å². The van der Waals surface area contributed by atoms with E-state index in [4.69, 9.17) is 14.0 Å². The van der Waals surface area contributed by atoms with Crippen molar-refractivity contribution in [2.45, 2.75) is 32.4 Å². The fourth-order valence-corrected chi connectivity index (χ4v) is 3.04. The fourth-order valence-electron chi connectivity index (χ4n) is 3.04. The number of nitro groups is 1. The molecule has 9 heteroatoms. The Bertz CT molecular complexity index is 763. The molecule has 1 saturated heterocycles. The summed E-state index contributed by atoms with van der Waals surface area (Å²) in [5.41, 5.74) is 0.729. The summed E-state index contributed by atoms with van der Waals surface area (Å²) in [5.74, 6) is 1.31. The number of ether oxygens (including phenoxy) is 2. The minimum absolute atomic E-state index is 0.00272. The van der Waals surface area contributed by atoms with E-state index in [-0.39, 0.29) is 23.6 Å². The molecule has 134 valence electrons. The number of hydrogen-bond donors (Lipinski definition) is 0. The second-order valence-corrected chi connectivity index (χ2v) is 5.78. The van der Waals surface area contributed by atoms with Crippen molar-refractivity contribution in [3.8, 4) is 5.75 Å². The Morgan fingerprint density at radius 1 is 1.48 bits per heavy atom. The summed E-state index contributed by atoms with van der Waals surface area (Å²) in [4.78, 5) is 17.1. The predicted octanol–water partition coefficient (Wildman–Crippen LogP) is 2.65. The smallest absolute Gasteiger partial charge is 0.311 e. The van der Waals surface area contributed by atoms with Gasteiger partial charge in [0.05, 0.1) is 17.6 Å². The normalized spacial score (nSPS) is 20.0. The molecular formula is C16H20N4O5. The molecule has 1 fully saturated rings. The van der Waals surface area contributed by atoms with Gasteiger partial charge in [0.1, 0.15) is 6.04 Å². The summed E-state index contributed by atoms with van der Waals surface area (Å²) < 4.78 is 16.3. The van der Waals surface area contributed by atoms with Gasteiger partial charge in [-0.15, -0.1) is 0 Å². The molecule has 0 N–H and O–H groups in total. The lowest BCUT2D eigenvalue weighted by molar-refractivity contribution is -0.385. The van der Waals surface area contributed by atoms with Crippen molar-refractivity contribution < 1.29 is 18.9 Å². The quantitative estimate of drug-likeness (QED) is 0.580. The first-order chi connectivity index (χ1) is 12.0. The molecule has 2 atom stereocenters. The van der Waals surface area contributed by atoms with E-state index in [0.29, 0.717) is 31.3 Å². The molecule has 1 aliphatic heterocycles. The summed E-state index contributed by atoms with van der Waals surface area (Å²) >= 11 is 0. The van der Waals surface area contributed by atoms with Crippen LogP contribution in [0.3, 0.4) is 0 Å². The molecule has 9 nitrogen and oxygen atoms in total. The van der Waals surface area contributed by atoms with Gasteiger partial charge in [0, 0.05) is 37.9 Å². The number of anilines is 1. The van der Waals surface area contributed by atoms with Crippen LogP contribution in [0.15, 0.2) is 22.7 Å². The van der Waals surface area contributed by atoms with Crippen molar-refractivity contribution in [3.63, 3.8) is 0 Å². The van der Waals surface area contributed by atoms with Gasteiger partial charge >= 0.3 is 5.69 Å². The van der Waals surface area contributed by atoms with Crippen LogP contribution in [0.2, 0.25) is 0 Å². The maximum atomic E-state index is 11.2. The Morgan fingerprint density at radius 2 is 2.28 bits per heavy atom. The minimum atomic E-state index is -0.449. The predicted molar refractivity (Wildman–Crippen MR) is 88.8 cm³/mol. The molecule has 0 radical (unpaired) electrons. The molecule has 1 aromatic carbocycles. The van der Waals surface area contributed by atoms with Crippen molar-refractivity contribution in [1.82, 2.24) is 10.1 Å². The van der Waals surface area contributed by atoms with Gasteiger partial charge in [-0.25, -0.2) is 0 Å². The fraction of sp³-hybridized carbons (Fsp3) is 0.500. The SMILES string of the molecule is CCOc1cc(N2CC(OC)CC2c2nc(C)no2)ccc1[N+](=O)[O-]. The molecule has 0 aliphatic carbocycles. The van der Waals surface area contributed by atoms with Gasteiger partial charge in [-0.3, -0.25) is 10.1 Å². The van der Waals surface area contributed by atoms with Crippen LogP contribution in [0.5, 0.6) is 5.75 Å². The number of aromatic nitrogens is 2. The molecular weight excluding hydrogens is 328 g/mol. The maximum Gasteiger partial charge on any atom is 0.311 e. The van der Waals surface area contributed by atoms with Gasteiger partial charge < -0.3 is 18.9 Å². The molecule has 0 spiro atoms. The van der Waals surface area contributed by atoms with Gasteiger partial charge in [0.2, 0.25) is 5.89 Å². The van der Waals surface area contributed by atoms with Crippen molar-refractivity contribution in [2.24, 2.45) is 0 Å². The lowest BCUT2D eigenvalue weighted by Crippen LogP contribution is -2.25. The van der Waals surface area contributed by atoms with Crippen molar-refractivity contribution in [1.29, 1.82) is 0 Å². The van der Waals surface area contributed by atoms with Crippen LogP contribution in [0.1, 0.15) is 31.1 Å². The van der Waals surface area contributed by atoms with E-state index in [2.05, 4.69) is 10.1 Å². The molecule has 0 bridgehead atoms. The first-order valence-electron chi connectivity index (χ1n) is 8.04. The van der Waals surface area contributed by atoms with Crippen LogP contribution >= 0.6 is 0 Å². The number of hydrogen-bond acceptors (Lipinski definition) is 8. The van der Waals surface area contributed by atoms with Crippen molar-refractivity contribution in [3.05, 3.63) is 40.0 Å². The third-order valence-electron chi connectivity index (χ3n) is 4.20. The van der Waals surface area contributed by atoms with E-state index >= 15 is 0 Å². The first kappa shape index (κ1) is 17.2. The van der Waals surface area contributed by atoms with Crippen LogP contribution in [0.25, 0.3) is 0 Å². The topological polar surface area (TPSA) is 104 Å². The minimum Gasteiger partial charge on any atom is -0.487 e. The summed E-state index contributed by atoms with van der Waals surface area (Å²) in [6.07, 6.45) is 0.696. The molecule has 2 unspecified atom stereocenters. The Hall–Kier alpha value is -2.68. The average Bonchev–Trinajstić information content (AvgIpc) is 3.20. The van der Waals surface area contributed by atoms with Crippen LogP contribution < -0.4 is 9.64 Å². The van der Waals surface area contributed by atoms with Crippen molar-refractivity contribution >= 4 is 11.4 Å². The Labute approximate surface area is 144 Å². The number of aryl methyl sites for hydroxylation is 1. The number of nitro benzene ring substituents is 1. The van der Waals surface area contributed by atoms with Gasteiger partial charge in [0.15, 0.2) is 11.6 Å². The third-order valence-corrected chi connectivity index (χ3v) is 4.20. The summed E-state index contributed by atoms with van der Waals surface area (Å²) in [6, 6.07) is 4.68. The molecule has 25 heavy (non-hydrogen) atoms. The van der Waals surface area contributed by atoms with E-state index in [1.165, 1.54) is 6.07 Å². The van der Waals surface area contributed by atoms with Crippen LogP contribution in [0, 0.1) is 17.0 Å². The van der Waals surface area contributed by atoms with E-state index in [1.54, 1.807) is 33.1 Å². The molecule has 1 aliphatic rings. The van der Waals surface area contributed by atoms with Gasteiger partial charge in [-0.1, -0.05) is 5.16 Å². The Kier molecular flexibility index (Phi) is 4.84. The van der Waals surface area contributed by atoms with E-state index in [1.807, 2.05) is 4.90 Å². The zero-order valence-electron chi connectivity index (χ0n) is 14.3. The summed E-state index contributed by atoms with van der Waals surface area (Å²) in [5, 5.41) is 15.0. The molecule has 0 amide bonds. The average molecular weight is 348 g/mol. The summed E-state index contributed by atoms with van der Waals surface area (Å²) in [7, 11) is 1.66. The Morgan fingerprint density at radius 3 is 2.88 bits per heavy atom. The standard InChI is InChI=1S/C16H20N4O5/c1-4-24-15-7-11(5-6-13(15)20(21)22)19-9-12(23-3)8-14(19)16-17-10(2)18-25-16/h5-7,12,14H,4,8-9H2,1-3H3. The first-order valence-corrected chi connectivity index (χ1v) is 8.04. The molecule has 3 rings (SSSR count). The largest absolute Gasteiger partial charge is 0.487 e. The number of nitrogens with zero attached hydrogens (tertiary/aromatic N) is 4.